The average Bonchev–Trinajstić information content (AvgIpc) is 2.64. The number of hydrogen-bond donors (Lipinski definition) is 2. The monoisotopic (exact) mass is 431 g/mol. The third-order valence-corrected chi connectivity index (χ3v) is 7.64. The summed E-state index contributed by atoms with van der Waals surface area (Å²) < 4.78 is 6.12. The molecule has 4 aliphatic carbocycles. The lowest BCUT2D eigenvalue weighted by atomic mass is 9.51. The van der Waals surface area contributed by atoms with Gasteiger partial charge in [0.25, 0.3) is 0 Å². The van der Waals surface area contributed by atoms with Crippen molar-refractivity contribution in [1.29, 1.82) is 0 Å². The fourth-order valence-corrected chi connectivity index (χ4v) is 6.75. The molecule has 4 fully saturated rings. The zero-order valence-corrected chi connectivity index (χ0v) is 18.0. The van der Waals surface area contributed by atoms with Crippen LogP contribution in [0.15, 0.2) is 42.5 Å². The molecule has 0 radical (unpaired) electrons. The van der Waals surface area contributed by atoms with Crippen molar-refractivity contribution in [2.24, 2.45) is 11.8 Å². The molecule has 6 rings (SSSR count). The van der Waals surface area contributed by atoms with E-state index in [-0.39, 0.29) is 5.54 Å². The summed E-state index contributed by atoms with van der Waals surface area (Å²) in [5, 5.41) is 16.1. The van der Waals surface area contributed by atoms with Crippen LogP contribution in [0.3, 0.4) is 0 Å². The number of hydrogen-bond acceptors (Lipinski definition) is 3. The number of aliphatic hydroxyl groups is 1. The summed E-state index contributed by atoms with van der Waals surface area (Å²) in [5.41, 5.74) is 1.69. The minimum atomic E-state index is -0.446. The van der Waals surface area contributed by atoms with Crippen LogP contribution < -0.4 is 10.1 Å². The molecule has 0 saturated heterocycles. The number of para-hydroxylation sites is 1. The Morgan fingerprint density at radius 1 is 1.00 bits per heavy atom. The first-order valence-corrected chi connectivity index (χ1v) is 11.3. The lowest BCUT2D eigenvalue weighted by Gasteiger charge is -2.60. The van der Waals surface area contributed by atoms with Gasteiger partial charge in [0.1, 0.15) is 12.4 Å². The van der Waals surface area contributed by atoms with Crippen molar-refractivity contribution in [3.63, 3.8) is 0 Å². The van der Waals surface area contributed by atoms with Crippen molar-refractivity contribution in [1.82, 2.24) is 5.32 Å². The molecule has 4 saturated carbocycles. The Balaban J connectivity index is 1.28. The first kappa shape index (κ1) is 19.7. The predicted molar refractivity (Wildman–Crippen MR) is 116 cm³/mol. The minimum absolute atomic E-state index is 0.0748. The van der Waals surface area contributed by atoms with Crippen LogP contribution in [0.25, 0.3) is 0 Å². The van der Waals surface area contributed by atoms with Gasteiger partial charge in [-0.05, 0) is 68.6 Å². The van der Waals surface area contributed by atoms with E-state index in [1.54, 1.807) is 6.07 Å². The van der Waals surface area contributed by atoms with Crippen molar-refractivity contribution < 1.29 is 9.84 Å². The van der Waals surface area contributed by atoms with Gasteiger partial charge in [-0.3, -0.25) is 0 Å². The number of benzene rings is 2. The SMILES string of the molecule is OC12CC3CC(C1)CC(NCc1ccccc1OCc1ccc(Cl)cc1Cl)(C3)C2. The fraction of sp³-hybridized carbons (Fsp3) is 0.500. The topological polar surface area (TPSA) is 41.5 Å². The first-order valence-electron chi connectivity index (χ1n) is 10.5. The van der Waals surface area contributed by atoms with Gasteiger partial charge in [-0.2, -0.15) is 0 Å². The van der Waals surface area contributed by atoms with Crippen molar-refractivity contribution in [3.05, 3.63) is 63.6 Å². The van der Waals surface area contributed by atoms with E-state index in [1.807, 2.05) is 30.3 Å². The molecule has 5 heteroatoms. The molecule has 4 bridgehead atoms. The lowest BCUT2D eigenvalue weighted by Crippen LogP contribution is -2.64. The summed E-state index contributed by atoms with van der Waals surface area (Å²) in [5.74, 6) is 2.22. The molecule has 2 unspecified atom stereocenters. The second kappa shape index (κ2) is 7.46. The molecular formula is C24H27Cl2NO2. The summed E-state index contributed by atoms with van der Waals surface area (Å²) in [6, 6.07) is 13.6. The van der Waals surface area contributed by atoms with Crippen LogP contribution in [0.5, 0.6) is 5.75 Å². The second-order valence-corrected chi connectivity index (χ2v) is 10.3. The summed E-state index contributed by atoms with van der Waals surface area (Å²) in [6.07, 6.45) is 6.55. The van der Waals surface area contributed by atoms with Crippen LogP contribution in [0.2, 0.25) is 10.0 Å². The fourth-order valence-electron chi connectivity index (χ4n) is 6.29. The summed E-state index contributed by atoms with van der Waals surface area (Å²) in [6.45, 7) is 1.15. The van der Waals surface area contributed by atoms with Gasteiger partial charge in [-0.15, -0.1) is 0 Å². The molecule has 0 amide bonds. The van der Waals surface area contributed by atoms with Crippen molar-refractivity contribution in [3.8, 4) is 5.75 Å². The van der Waals surface area contributed by atoms with E-state index < -0.39 is 5.60 Å². The number of rotatable bonds is 6. The van der Waals surface area contributed by atoms with Crippen LogP contribution in [0.4, 0.5) is 0 Å². The minimum Gasteiger partial charge on any atom is -0.489 e. The molecule has 0 aliphatic heterocycles. The van der Waals surface area contributed by atoms with Crippen molar-refractivity contribution in [2.45, 2.75) is 62.8 Å². The van der Waals surface area contributed by atoms with Crippen molar-refractivity contribution >= 4 is 23.2 Å². The lowest BCUT2D eigenvalue weighted by molar-refractivity contribution is -0.142. The van der Waals surface area contributed by atoms with Gasteiger partial charge in [0.15, 0.2) is 0 Å². The molecule has 0 aromatic heterocycles. The maximum absolute atomic E-state index is 11.0. The van der Waals surface area contributed by atoms with Crippen molar-refractivity contribution in [2.75, 3.05) is 0 Å². The van der Waals surface area contributed by atoms with Gasteiger partial charge in [0.05, 0.1) is 5.60 Å². The molecule has 2 atom stereocenters. The molecule has 154 valence electrons. The Kier molecular flexibility index (Phi) is 5.06. The summed E-state index contributed by atoms with van der Waals surface area (Å²) in [4.78, 5) is 0. The molecule has 0 spiro atoms. The van der Waals surface area contributed by atoms with E-state index in [0.29, 0.717) is 28.5 Å². The van der Waals surface area contributed by atoms with Gasteiger partial charge in [-0.25, -0.2) is 0 Å². The standard InChI is InChI=1S/C24H27Cl2NO2/c25-20-6-5-19(21(26)8-20)14-29-22-4-2-1-3-18(22)13-27-23-9-16-7-17(10-23)12-24(28,11-16)15-23/h1-6,8,16-17,27-28H,7,9-15H2. The van der Waals surface area contributed by atoms with Crippen LogP contribution in [0, 0.1) is 11.8 Å². The average molecular weight is 432 g/mol. The highest BCUT2D eigenvalue weighted by Gasteiger charge is 2.56. The zero-order valence-electron chi connectivity index (χ0n) is 16.5. The summed E-state index contributed by atoms with van der Waals surface area (Å²) in [7, 11) is 0. The van der Waals surface area contributed by atoms with Gasteiger partial charge in [-0.1, -0.05) is 47.5 Å². The van der Waals surface area contributed by atoms with Gasteiger partial charge >= 0.3 is 0 Å². The normalized spacial score (nSPS) is 32.5. The highest BCUT2D eigenvalue weighted by Crippen LogP contribution is 2.57. The Morgan fingerprint density at radius 3 is 2.48 bits per heavy atom. The van der Waals surface area contributed by atoms with E-state index in [4.69, 9.17) is 27.9 Å². The predicted octanol–water partition coefficient (Wildman–Crippen LogP) is 5.75. The second-order valence-electron chi connectivity index (χ2n) is 9.45. The molecule has 2 N–H and O–H groups in total. The molecule has 29 heavy (non-hydrogen) atoms. The van der Waals surface area contributed by atoms with E-state index in [9.17, 15) is 5.11 Å². The highest BCUT2D eigenvalue weighted by molar-refractivity contribution is 6.35. The molecule has 3 nitrogen and oxygen atoms in total. The van der Waals surface area contributed by atoms with Crippen LogP contribution in [-0.4, -0.2) is 16.2 Å². The molecule has 0 heterocycles. The van der Waals surface area contributed by atoms with Crippen LogP contribution in [0.1, 0.15) is 49.7 Å². The Morgan fingerprint density at radius 2 is 1.76 bits per heavy atom. The molecule has 2 aromatic carbocycles. The van der Waals surface area contributed by atoms with E-state index in [2.05, 4.69) is 11.4 Å². The van der Waals surface area contributed by atoms with E-state index >= 15 is 0 Å². The quantitative estimate of drug-likeness (QED) is 0.611. The van der Waals surface area contributed by atoms with Gasteiger partial charge < -0.3 is 15.2 Å². The highest BCUT2D eigenvalue weighted by atomic mass is 35.5. The van der Waals surface area contributed by atoms with Gasteiger partial charge in [0.2, 0.25) is 0 Å². The Labute approximate surface area is 182 Å². The van der Waals surface area contributed by atoms with Gasteiger partial charge in [0, 0.05) is 33.3 Å². The van der Waals surface area contributed by atoms with E-state index in [1.165, 1.54) is 19.3 Å². The Hall–Kier alpha value is -1.26. The number of halogens is 2. The largest absolute Gasteiger partial charge is 0.489 e. The Bertz CT molecular complexity index is 902. The third kappa shape index (κ3) is 4.03. The van der Waals surface area contributed by atoms with Crippen LogP contribution in [-0.2, 0) is 13.2 Å². The smallest absolute Gasteiger partial charge is 0.124 e. The first-order chi connectivity index (χ1) is 13.9. The number of ether oxygens (including phenoxy) is 1. The maximum atomic E-state index is 11.0. The van der Waals surface area contributed by atoms with E-state index in [0.717, 1.165) is 42.7 Å². The molecule has 2 aromatic rings. The third-order valence-electron chi connectivity index (χ3n) is 7.05. The zero-order chi connectivity index (χ0) is 20.1. The molecular weight excluding hydrogens is 405 g/mol. The number of nitrogens with one attached hydrogen (secondary N) is 1. The maximum Gasteiger partial charge on any atom is 0.124 e. The van der Waals surface area contributed by atoms with Crippen LogP contribution >= 0.6 is 23.2 Å². The molecule has 4 aliphatic rings. The summed E-state index contributed by atoms with van der Waals surface area (Å²) >= 11 is 12.3.